The summed E-state index contributed by atoms with van der Waals surface area (Å²) in [5.41, 5.74) is 0.742. The minimum Gasteiger partial charge on any atom is -0.463 e. The fourth-order valence-electron chi connectivity index (χ4n) is 3.44. The topological polar surface area (TPSA) is 46.5 Å². The number of carbonyl (C=O) groups excluding carboxylic acids is 1. The molecule has 106 valence electrons. The monoisotopic (exact) mass is 272 g/mol. The molecule has 0 unspecified atom stereocenters. The molecule has 0 atom stereocenters. The van der Waals surface area contributed by atoms with Gasteiger partial charge in [0.1, 0.15) is 0 Å². The fraction of sp³-hybridized carbons (Fsp3) is 0.471. The van der Waals surface area contributed by atoms with Crippen LogP contribution in [0.5, 0.6) is 0 Å². The molecule has 0 radical (unpaired) electrons. The smallest absolute Gasteiger partial charge is 0.312 e. The van der Waals surface area contributed by atoms with Gasteiger partial charge in [0.05, 0.1) is 17.1 Å². The Bertz CT molecular complexity index is 551. The Morgan fingerprint density at radius 1 is 1.30 bits per heavy atom. The second-order valence-corrected chi connectivity index (χ2v) is 6.38. The first-order valence-corrected chi connectivity index (χ1v) is 7.13. The Morgan fingerprint density at radius 3 is 2.55 bits per heavy atom. The van der Waals surface area contributed by atoms with Crippen molar-refractivity contribution in [1.82, 2.24) is 0 Å². The first-order valence-electron chi connectivity index (χ1n) is 7.13. The van der Waals surface area contributed by atoms with Crippen LogP contribution >= 0.6 is 0 Å². The molecular weight excluding hydrogens is 252 g/mol. The minimum absolute atomic E-state index is 0.104. The second kappa shape index (κ2) is 4.45. The van der Waals surface area contributed by atoms with Gasteiger partial charge in [0.2, 0.25) is 0 Å². The van der Waals surface area contributed by atoms with Crippen molar-refractivity contribution in [2.45, 2.75) is 44.8 Å². The highest BCUT2D eigenvalue weighted by molar-refractivity contribution is 5.83. The van der Waals surface area contributed by atoms with E-state index in [0.29, 0.717) is 19.3 Å². The number of rotatable bonds is 3. The predicted molar refractivity (Wildman–Crippen MR) is 76.9 cm³/mol. The number of ether oxygens (including phenoxy) is 1. The van der Waals surface area contributed by atoms with Gasteiger partial charge in [0.25, 0.3) is 0 Å². The molecule has 0 spiro atoms. The molecule has 20 heavy (non-hydrogen) atoms. The summed E-state index contributed by atoms with van der Waals surface area (Å²) in [6.45, 7) is 3.71. The molecule has 0 aromatic heterocycles. The van der Waals surface area contributed by atoms with Crippen molar-refractivity contribution in [3.05, 3.63) is 41.5 Å². The predicted octanol–water partition coefficient (Wildman–Crippen LogP) is 2.94. The third-order valence-corrected chi connectivity index (χ3v) is 4.30. The average molecular weight is 272 g/mol. The Labute approximate surface area is 119 Å². The van der Waals surface area contributed by atoms with Gasteiger partial charge in [-0.25, -0.2) is 0 Å². The van der Waals surface area contributed by atoms with E-state index in [4.69, 9.17) is 4.74 Å². The summed E-state index contributed by atoms with van der Waals surface area (Å²) in [7, 11) is 0. The quantitative estimate of drug-likeness (QED) is 0.861. The normalized spacial score (nSPS) is 33.3. The summed E-state index contributed by atoms with van der Waals surface area (Å²) in [6, 6.07) is 9.92. The van der Waals surface area contributed by atoms with Crippen LogP contribution in [-0.4, -0.2) is 22.8 Å². The van der Waals surface area contributed by atoms with Gasteiger partial charge in [-0.3, -0.25) is 4.79 Å². The molecule has 3 fully saturated rings. The lowest BCUT2D eigenvalue weighted by Crippen LogP contribution is -2.48. The molecule has 3 nitrogen and oxygen atoms in total. The van der Waals surface area contributed by atoms with Crippen molar-refractivity contribution in [2.75, 3.05) is 0 Å². The molecule has 1 aromatic rings. The summed E-state index contributed by atoms with van der Waals surface area (Å²) in [5.74, 6) is -0.159. The molecule has 1 aromatic carbocycles. The number of hydrogen-bond donors (Lipinski definition) is 1. The number of fused-ring (bicyclic) bond motifs is 1. The van der Waals surface area contributed by atoms with Gasteiger partial charge in [-0.15, -0.1) is 0 Å². The van der Waals surface area contributed by atoms with Gasteiger partial charge in [-0.1, -0.05) is 36.4 Å². The maximum atomic E-state index is 12.2. The van der Waals surface area contributed by atoms with Crippen LogP contribution in [0.25, 0.3) is 6.08 Å². The van der Waals surface area contributed by atoms with Gasteiger partial charge in [-0.2, -0.15) is 0 Å². The minimum atomic E-state index is -0.800. The third kappa shape index (κ3) is 2.06. The van der Waals surface area contributed by atoms with Crippen molar-refractivity contribution < 1.29 is 14.6 Å². The molecule has 1 N–H and O–H groups in total. The number of benzene rings is 1. The Morgan fingerprint density at radius 2 is 1.95 bits per heavy atom. The number of hydrogen-bond acceptors (Lipinski definition) is 3. The van der Waals surface area contributed by atoms with Crippen molar-refractivity contribution in [3.8, 4) is 0 Å². The molecule has 3 heteroatoms. The van der Waals surface area contributed by atoms with Gasteiger partial charge < -0.3 is 9.84 Å². The van der Waals surface area contributed by atoms with E-state index in [1.807, 2.05) is 50.3 Å². The maximum absolute atomic E-state index is 12.2. The van der Waals surface area contributed by atoms with E-state index in [1.54, 1.807) is 0 Å². The van der Waals surface area contributed by atoms with E-state index in [0.717, 1.165) is 11.1 Å². The van der Waals surface area contributed by atoms with Crippen molar-refractivity contribution in [1.29, 1.82) is 0 Å². The SMILES string of the molecule is CC(C)OC(=O)C12C/C(=C\c3ccccc3)C(O)(C1)C2. The van der Waals surface area contributed by atoms with Crippen molar-refractivity contribution in [3.63, 3.8) is 0 Å². The van der Waals surface area contributed by atoms with Gasteiger partial charge in [0, 0.05) is 0 Å². The van der Waals surface area contributed by atoms with E-state index < -0.39 is 11.0 Å². The first kappa shape index (κ1) is 13.4. The van der Waals surface area contributed by atoms with E-state index in [2.05, 4.69) is 0 Å². The number of carbonyl (C=O) groups is 1. The fourth-order valence-corrected chi connectivity index (χ4v) is 3.44. The van der Waals surface area contributed by atoms with Crippen LogP contribution in [0.3, 0.4) is 0 Å². The average Bonchev–Trinajstić information content (AvgIpc) is 2.78. The molecule has 0 aliphatic heterocycles. The van der Waals surface area contributed by atoms with Gasteiger partial charge >= 0.3 is 5.97 Å². The zero-order valence-corrected chi connectivity index (χ0v) is 11.9. The summed E-state index contributed by atoms with van der Waals surface area (Å²) in [5, 5.41) is 10.6. The Balaban J connectivity index is 1.81. The lowest BCUT2D eigenvalue weighted by atomic mass is 9.66. The Kier molecular flexibility index (Phi) is 2.98. The Hall–Kier alpha value is -1.61. The highest BCUT2D eigenvalue weighted by atomic mass is 16.5. The van der Waals surface area contributed by atoms with Crippen LogP contribution in [0.4, 0.5) is 0 Å². The maximum Gasteiger partial charge on any atom is 0.312 e. The van der Waals surface area contributed by atoms with Crippen molar-refractivity contribution in [2.24, 2.45) is 5.41 Å². The van der Waals surface area contributed by atoms with Crippen LogP contribution in [0, 0.1) is 5.41 Å². The molecule has 3 saturated carbocycles. The highest BCUT2D eigenvalue weighted by Gasteiger charge is 2.67. The molecule has 2 bridgehead atoms. The number of aliphatic hydroxyl groups is 1. The molecule has 3 aliphatic carbocycles. The van der Waals surface area contributed by atoms with E-state index >= 15 is 0 Å². The largest absolute Gasteiger partial charge is 0.463 e. The van der Waals surface area contributed by atoms with Crippen LogP contribution in [0.2, 0.25) is 0 Å². The van der Waals surface area contributed by atoms with Gasteiger partial charge in [0.15, 0.2) is 0 Å². The molecule has 0 amide bonds. The summed E-state index contributed by atoms with van der Waals surface area (Å²) >= 11 is 0. The molecule has 4 rings (SSSR count). The standard InChI is InChI=1S/C17H20O3/c1-12(2)20-15(18)16-9-14(17(19,10-16)11-16)8-13-6-4-3-5-7-13/h3-8,12,19H,9-11H2,1-2H3/b14-8+. The zero-order chi connectivity index (χ0) is 14.4. The molecule has 3 aliphatic rings. The lowest BCUT2D eigenvalue weighted by molar-refractivity contribution is -0.173. The molecule has 0 heterocycles. The lowest BCUT2D eigenvalue weighted by Gasteiger charge is -2.41. The van der Waals surface area contributed by atoms with E-state index in [-0.39, 0.29) is 12.1 Å². The summed E-state index contributed by atoms with van der Waals surface area (Å²) in [6.07, 6.45) is 3.53. The van der Waals surface area contributed by atoms with E-state index in [9.17, 15) is 9.90 Å². The van der Waals surface area contributed by atoms with Gasteiger partial charge in [-0.05, 0) is 44.2 Å². The molecular formula is C17H20O3. The van der Waals surface area contributed by atoms with E-state index in [1.165, 1.54) is 0 Å². The van der Waals surface area contributed by atoms with Crippen LogP contribution < -0.4 is 0 Å². The summed E-state index contributed by atoms with van der Waals surface area (Å²) < 4.78 is 5.34. The second-order valence-electron chi connectivity index (χ2n) is 6.38. The summed E-state index contributed by atoms with van der Waals surface area (Å²) in [4.78, 5) is 12.2. The van der Waals surface area contributed by atoms with Crippen LogP contribution in [-0.2, 0) is 9.53 Å². The van der Waals surface area contributed by atoms with Crippen LogP contribution in [0.15, 0.2) is 35.9 Å². The van der Waals surface area contributed by atoms with Crippen LogP contribution in [0.1, 0.15) is 38.7 Å². The van der Waals surface area contributed by atoms with Crippen molar-refractivity contribution >= 4 is 12.0 Å². The zero-order valence-electron chi connectivity index (χ0n) is 11.9. The highest BCUT2D eigenvalue weighted by Crippen LogP contribution is 2.65. The molecule has 0 saturated heterocycles. The first-order chi connectivity index (χ1) is 9.43. The number of esters is 1. The third-order valence-electron chi connectivity index (χ3n) is 4.30.